The van der Waals surface area contributed by atoms with Crippen LogP contribution in [0.1, 0.15) is 42.5 Å². The van der Waals surface area contributed by atoms with Gasteiger partial charge in [0.15, 0.2) is 5.82 Å². The van der Waals surface area contributed by atoms with Crippen molar-refractivity contribution < 1.29 is 0 Å². The molecule has 2 aromatic rings. The van der Waals surface area contributed by atoms with Gasteiger partial charge in [0.25, 0.3) is 0 Å². The number of H-pyrrole nitrogens is 1. The van der Waals surface area contributed by atoms with Gasteiger partial charge in [-0.15, -0.1) is 11.3 Å². The quantitative estimate of drug-likeness (QED) is 0.903. The molecule has 2 aromatic heterocycles. The number of aromatic amines is 1. The van der Waals surface area contributed by atoms with Crippen LogP contribution in [0, 0.1) is 0 Å². The maximum absolute atomic E-state index is 4.56. The minimum absolute atomic E-state index is 0.882. The summed E-state index contributed by atoms with van der Waals surface area (Å²) in [6.07, 6.45) is 7.23. The van der Waals surface area contributed by atoms with Gasteiger partial charge in [0, 0.05) is 11.3 Å². The van der Waals surface area contributed by atoms with E-state index in [2.05, 4.69) is 28.2 Å². The first kappa shape index (κ1) is 11.0. The van der Waals surface area contributed by atoms with E-state index in [4.69, 9.17) is 0 Å². The average molecular weight is 247 g/mol. The molecule has 0 bridgehead atoms. The predicted octanol–water partition coefficient (Wildman–Crippen LogP) is 3.36. The second kappa shape index (κ2) is 4.61. The summed E-state index contributed by atoms with van der Waals surface area (Å²) in [4.78, 5) is 7.34. The maximum atomic E-state index is 4.56. The van der Waals surface area contributed by atoms with Crippen molar-refractivity contribution in [2.45, 2.75) is 45.4 Å². The molecule has 17 heavy (non-hydrogen) atoms. The molecule has 1 aliphatic carbocycles. The lowest BCUT2D eigenvalue weighted by Gasteiger charge is -2.08. The molecule has 0 aromatic carbocycles. The van der Waals surface area contributed by atoms with Crippen LogP contribution in [0.3, 0.4) is 0 Å². The Bertz CT molecular complexity index is 489. The molecule has 0 spiro atoms. The van der Waals surface area contributed by atoms with Gasteiger partial charge in [0.05, 0.1) is 4.88 Å². The predicted molar refractivity (Wildman–Crippen MR) is 70.3 cm³/mol. The first-order valence-electron chi connectivity index (χ1n) is 6.40. The number of aryl methyl sites for hydroxylation is 3. The van der Waals surface area contributed by atoms with Crippen LogP contribution in [0.5, 0.6) is 0 Å². The van der Waals surface area contributed by atoms with Crippen LogP contribution in [-0.4, -0.2) is 15.2 Å². The zero-order chi connectivity index (χ0) is 11.7. The highest BCUT2D eigenvalue weighted by molar-refractivity contribution is 7.15. The Balaban J connectivity index is 1.89. The third kappa shape index (κ3) is 2.14. The first-order chi connectivity index (χ1) is 8.36. The second-order valence-corrected chi connectivity index (χ2v) is 5.76. The maximum Gasteiger partial charge on any atom is 0.191 e. The largest absolute Gasteiger partial charge is 0.263 e. The standard InChI is InChI=1S/C13H17N3S/c1-2-5-12-14-13(16-15-12)11-8-9-6-3-4-7-10(9)17-11/h8H,2-7H2,1H3,(H,14,15,16). The van der Waals surface area contributed by atoms with E-state index in [1.165, 1.54) is 36.1 Å². The molecule has 0 radical (unpaired) electrons. The normalized spacial score (nSPS) is 14.9. The van der Waals surface area contributed by atoms with Gasteiger partial charge in [0.2, 0.25) is 0 Å². The molecule has 0 fully saturated rings. The number of aromatic nitrogens is 3. The summed E-state index contributed by atoms with van der Waals surface area (Å²) in [5.41, 5.74) is 1.53. The van der Waals surface area contributed by atoms with Crippen molar-refractivity contribution >= 4 is 11.3 Å². The lowest BCUT2D eigenvalue weighted by Crippen LogP contribution is -1.96. The topological polar surface area (TPSA) is 41.6 Å². The fourth-order valence-electron chi connectivity index (χ4n) is 2.35. The fourth-order valence-corrected chi connectivity index (χ4v) is 3.54. The Kier molecular flexibility index (Phi) is 2.97. The molecule has 3 nitrogen and oxygen atoms in total. The van der Waals surface area contributed by atoms with Gasteiger partial charge in [0.1, 0.15) is 5.82 Å². The zero-order valence-corrected chi connectivity index (χ0v) is 10.9. The summed E-state index contributed by atoms with van der Waals surface area (Å²) >= 11 is 1.87. The zero-order valence-electron chi connectivity index (χ0n) is 10.1. The molecule has 0 amide bonds. The number of thiophene rings is 1. The number of nitrogens with zero attached hydrogens (tertiary/aromatic N) is 2. The van der Waals surface area contributed by atoms with Crippen LogP contribution >= 0.6 is 11.3 Å². The molecular formula is C13H17N3S. The van der Waals surface area contributed by atoms with E-state index >= 15 is 0 Å². The van der Waals surface area contributed by atoms with Crippen molar-refractivity contribution in [2.75, 3.05) is 0 Å². The third-order valence-corrected chi connectivity index (χ3v) is 4.47. The average Bonchev–Trinajstić information content (AvgIpc) is 2.94. The van der Waals surface area contributed by atoms with Gasteiger partial charge < -0.3 is 0 Å². The molecule has 1 aliphatic rings. The number of nitrogens with one attached hydrogen (secondary N) is 1. The highest BCUT2D eigenvalue weighted by atomic mass is 32.1. The van der Waals surface area contributed by atoms with Crippen molar-refractivity contribution in [1.82, 2.24) is 15.2 Å². The fraction of sp³-hybridized carbons (Fsp3) is 0.538. The van der Waals surface area contributed by atoms with E-state index in [0.29, 0.717) is 0 Å². The van der Waals surface area contributed by atoms with Gasteiger partial charge in [-0.3, -0.25) is 5.10 Å². The Morgan fingerprint density at radius 1 is 1.35 bits per heavy atom. The molecule has 3 rings (SSSR count). The number of hydrogen-bond donors (Lipinski definition) is 1. The number of fused-ring (bicyclic) bond motifs is 1. The van der Waals surface area contributed by atoms with Crippen LogP contribution in [0.15, 0.2) is 6.07 Å². The molecule has 0 atom stereocenters. The Hall–Kier alpha value is -1.16. The summed E-state index contributed by atoms with van der Waals surface area (Å²) < 4.78 is 0. The van der Waals surface area contributed by atoms with Gasteiger partial charge in [-0.1, -0.05) is 6.92 Å². The highest BCUT2D eigenvalue weighted by Gasteiger charge is 2.16. The van der Waals surface area contributed by atoms with E-state index in [9.17, 15) is 0 Å². The first-order valence-corrected chi connectivity index (χ1v) is 7.21. The van der Waals surface area contributed by atoms with Crippen LogP contribution in [0.25, 0.3) is 10.7 Å². The van der Waals surface area contributed by atoms with E-state index in [-0.39, 0.29) is 0 Å². The highest BCUT2D eigenvalue weighted by Crippen LogP contribution is 2.34. The lowest BCUT2D eigenvalue weighted by atomic mass is 9.99. The molecule has 0 aliphatic heterocycles. The third-order valence-electron chi connectivity index (χ3n) is 3.24. The molecule has 0 unspecified atom stereocenters. The van der Waals surface area contributed by atoms with Crippen molar-refractivity contribution in [3.63, 3.8) is 0 Å². The van der Waals surface area contributed by atoms with Gasteiger partial charge in [-0.05, 0) is 43.7 Å². The van der Waals surface area contributed by atoms with Crippen LogP contribution in [0.2, 0.25) is 0 Å². The van der Waals surface area contributed by atoms with Crippen molar-refractivity contribution in [3.05, 3.63) is 22.3 Å². The SMILES string of the molecule is CCCc1nc(-c2cc3c(s2)CCCC3)n[nH]1. The Labute approximate surface area is 105 Å². The Morgan fingerprint density at radius 3 is 3.06 bits per heavy atom. The summed E-state index contributed by atoms with van der Waals surface area (Å²) in [5.74, 6) is 1.89. The van der Waals surface area contributed by atoms with Gasteiger partial charge in [-0.25, -0.2) is 4.98 Å². The van der Waals surface area contributed by atoms with Crippen molar-refractivity contribution in [1.29, 1.82) is 0 Å². The monoisotopic (exact) mass is 247 g/mol. The van der Waals surface area contributed by atoms with Crippen LogP contribution in [-0.2, 0) is 19.3 Å². The summed E-state index contributed by atoms with van der Waals surface area (Å²) in [6, 6.07) is 2.29. The molecule has 1 N–H and O–H groups in total. The van der Waals surface area contributed by atoms with E-state index < -0.39 is 0 Å². The summed E-state index contributed by atoms with van der Waals surface area (Å²) in [6.45, 7) is 2.16. The molecule has 0 saturated carbocycles. The number of rotatable bonds is 3. The molecule has 4 heteroatoms. The van der Waals surface area contributed by atoms with Gasteiger partial charge in [-0.2, -0.15) is 5.10 Å². The van der Waals surface area contributed by atoms with Crippen LogP contribution in [0.4, 0.5) is 0 Å². The van der Waals surface area contributed by atoms with Crippen molar-refractivity contribution in [3.8, 4) is 10.7 Å². The smallest absolute Gasteiger partial charge is 0.191 e. The second-order valence-electron chi connectivity index (χ2n) is 4.62. The van der Waals surface area contributed by atoms with E-state index in [1.807, 2.05) is 11.3 Å². The van der Waals surface area contributed by atoms with Crippen molar-refractivity contribution in [2.24, 2.45) is 0 Å². The molecular weight excluding hydrogens is 230 g/mol. The van der Waals surface area contributed by atoms with E-state index in [0.717, 1.165) is 24.5 Å². The molecule has 0 saturated heterocycles. The molecule has 90 valence electrons. The Morgan fingerprint density at radius 2 is 2.24 bits per heavy atom. The summed E-state index contributed by atoms with van der Waals surface area (Å²) in [7, 11) is 0. The minimum Gasteiger partial charge on any atom is -0.263 e. The lowest BCUT2D eigenvalue weighted by molar-refractivity contribution is 0.697. The minimum atomic E-state index is 0.882. The molecule has 2 heterocycles. The summed E-state index contributed by atoms with van der Waals surface area (Å²) in [5, 5.41) is 7.35. The van der Waals surface area contributed by atoms with Gasteiger partial charge >= 0.3 is 0 Å². The van der Waals surface area contributed by atoms with E-state index in [1.54, 1.807) is 4.88 Å². The van der Waals surface area contributed by atoms with Crippen LogP contribution < -0.4 is 0 Å². The number of hydrogen-bond acceptors (Lipinski definition) is 3.